The van der Waals surface area contributed by atoms with Crippen molar-refractivity contribution >= 4 is 0 Å². The Labute approximate surface area is 95.8 Å². The second kappa shape index (κ2) is 7.94. The van der Waals surface area contributed by atoms with Gasteiger partial charge in [0.2, 0.25) is 0 Å². The number of rotatable bonds is 0. The van der Waals surface area contributed by atoms with E-state index in [-0.39, 0.29) is 18.6 Å². The van der Waals surface area contributed by atoms with E-state index in [4.69, 9.17) is 0 Å². The summed E-state index contributed by atoms with van der Waals surface area (Å²) < 4.78 is 0. The molecule has 0 saturated heterocycles. The van der Waals surface area contributed by atoms with E-state index in [0.29, 0.717) is 0 Å². The number of hydrogen-bond acceptors (Lipinski definition) is 0. The van der Waals surface area contributed by atoms with Crippen LogP contribution in [0.5, 0.6) is 0 Å². The zero-order valence-corrected chi connectivity index (χ0v) is 10.5. The summed E-state index contributed by atoms with van der Waals surface area (Å²) in [7, 11) is 0. The van der Waals surface area contributed by atoms with Crippen molar-refractivity contribution in [3.05, 3.63) is 6.42 Å². The van der Waals surface area contributed by atoms with Crippen molar-refractivity contribution in [3.63, 3.8) is 0 Å². The van der Waals surface area contributed by atoms with Crippen molar-refractivity contribution < 1.29 is 18.6 Å². The molecule has 2 fully saturated rings. The maximum absolute atomic E-state index is 2.51. The van der Waals surface area contributed by atoms with Gasteiger partial charge in [0, 0.05) is 18.6 Å². The predicted molar refractivity (Wildman–Crippen MR) is 54.9 cm³/mol. The van der Waals surface area contributed by atoms with Gasteiger partial charge in [0.1, 0.15) is 0 Å². The van der Waals surface area contributed by atoms with Gasteiger partial charge < -0.3 is 6.42 Å². The maximum atomic E-state index is 2.51. The van der Waals surface area contributed by atoms with E-state index in [9.17, 15) is 0 Å². The molecule has 0 aromatic rings. The van der Waals surface area contributed by atoms with Crippen LogP contribution in [0.25, 0.3) is 0 Å². The summed E-state index contributed by atoms with van der Waals surface area (Å²) in [5.41, 5.74) is 0. The van der Waals surface area contributed by atoms with Gasteiger partial charge in [-0.2, -0.15) is 12.8 Å². The van der Waals surface area contributed by atoms with Gasteiger partial charge in [0.15, 0.2) is 0 Å². The van der Waals surface area contributed by atoms with Crippen molar-refractivity contribution in [2.45, 2.75) is 58.8 Å². The second-order valence-corrected chi connectivity index (χ2v) is 3.91. The van der Waals surface area contributed by atoms with Crippen molar-refractivity contribution in [1.29, 1.82) is 0 Å². The minimum absolute atomic E-state index is 0. The Balaban J connectivity index is 0.000000451. The van der Waals surface area contributed by atoms with Crippen molar-refractivity contribution in [2.75, 3.05) is 0 Å². The first-order chi connectivity index (χ1) is 5.97. The minimum Gasteiger partial charge on any atom is -0.328 e. The summed E-state index contributed by atoms with van der Waals surface area (Å²) in [6, 6.07) is 0. The van der Waals surface area contributed by atoms with Gasteiger partial charge in [-0.15, -0.1) is 0 Å². The Morgan fingerprint density at radius 2 is 1.54 bits per heavy atom. The zero-order chi connectivity index (χ0) is 8.81. The molecule has 0 aromatic heterocycles. The average Bonchev–Trinajstić information content (AvgIpc) is 2.21. The molecule has 2 atom stereocenters. The summed E-state index contributed by atoms with van der Waals surface area (Å²) in [4.78, 5) is 0. The SMILES string of the molecule is CC.[CH-]1CCC2CCCCC2C1.[V]. The molecule has 77 valence electrons. The van der Waals surface area contributed by atoms with Gasteiger partial charge in [-0.3, -0.25) is 0 Å². The van der Waals surface area contributed by atoms with Crippen LogP contribution in [-0.2, 0) is 18.6 Å². The van der Waals surface area contributed by atoms with Gasteiger partial charge in [-0.05, 0) is 5.92 Å². The zero-order valence-electron chi connectivity index (χ0n) is 9.13. The van der Waals surface area contributed by atoms with Crippen molar-refractivity contribution in [2.24, 2.45) is 11.8 Å². The molecule has 1 radical (unpaired) electrons. The molecule has 0 nitrogen and oxygen atoms in total. The molecule has 2 saturated carbocycles. The fourth-order valence-electron chi connectivity index (χ4n) is 2.64. The summed E-state index contributed by atoms with van der Waals surface area (Å²) >= 11 is 0. The first-order valence-electron chi connectivity index (χ1n) is 5.78. The topological polar surface area (TPSA) is 0 Å². The normalized spacial score (nSPS) is 31.8. The number of hydrogen-bond donors (Lipinski definition) is 0. The Kier molecular flexibility index (Phi) is 8.30. The van der Waals surface area contributed by atoms with Gasteiger partial charge >= 0.3 is 0 Å². The molecule has 0 amide bonds. The smallest absolute Gasteiger partial charge is 0 e. The monoisotopic (exact) mass is 218 g/mol. The summed E-state index contributed by atoms with van der Waals surface area (Å²) in [6.45, 7) is 4.00. The van der Waals surface area contributed by atoms with Crippen LogP contribution in [0.15, 0.2) is 0 Å². The average molecular weight is 218 g/mol. The molecule has 2 aliphatic carbocycles. The first kappa shape index (κ1) is 13.6. The van der Waals surface area contributed by atoms with Crippen LogP contribution in [0.1, 0.15) is 58.8 Å². The van der Waals surface area contributed by atoms with E-state index in [1.165, 1.54) is 38.5 Å². The van der Waals surface area contributed by atoms with Crippen LogP contribution < -0.4 is 0 Å². The molecule has 13 heavy (non-hydrogen) atoms. The van der Waals surface area contributed by atoms with E-state index in [1.807, 2.05) is 13.8 Å². The van der Waals surface area contributed by atoms with Crippen molar-refractivity contribution in [3.8, 4) is 0 Å². The molecular weight excluding hydrogens is 195 g/mol. The van der Waals surface area contributed by atoms with Crippen molar-refractivity contribution in [1.82, 2.24) is 0 Å². The molecule has 2 aliphatic rings. The van der Waals surface area contributed by atoms with Crippen LogP contribution in [0, 0.1) is 18.3 Å². The first-order valence-corrected chi connectivity index (χ1v) is 5.78. The number of fused-ring (bicyclic) bond motifs is 1. The van der Waals surface area contributed by atoms with Gasteiger partial charge in [-0.1, -0.05) is 51.9 Å². The third-order valence-electron chi connectivity index (χ3n) is 3.28. The van der Waals surface area contributed by atoms with Gasteiger partial charge in [0.05, 0.1) is 0 Å². The molecule has 0 heterocycles. The third kappa shape index (κ3) is 4.08. The van der Waals surface area contributed by atoms with E-state index < -0.39 is 0 Å². The van der Waals surface area contributed by atoms with Gasteiger partial charge in [-0.25, -0.2) is 0 Å². The molecule has 0 aromatic carbocycles. The molecular formula is C12H23V-. The van der Waals surface area contributed by atoms with Crippen LogP contribution in [0.4, 0.5) is 0 Å². The Morgan fingerprint density at radius 3 is 2.15 bits per heavy atom. The molecule has 1 heteroatoms. The minimum atomic E-state index is 0. The molecule has 2 unspecified atom stereocenters. The quantitative estimate of drug-likeness (QED) is 0.534. The fourth-order valence-corrected chi connectivity index (χ4v) is 2.64. The maximum Gasteiger partial charge on any atom is 0 e. The largest absolute Gasteiger partial charge is 0.328 e. The molecule has 0 bridgehead atoms. The Morgan fingerprint density at radius 1 is 0.923 bits per heavy atom. The van der Waals surface area contributed by atoms with Gasteiger partial charge in [0.25, 0.3) is 0 Å². The molecule has 0 N–H and O–H groups in total. The standard InChI is InChI=1S/C10H17.C2H6.V/c1-2-6-10-8-4-3-7-9(10)5-1;1-2;/h1,9-10H,2-8H2;1-2H3;/q-1;;. The van der Waals surface area contributed by atoms with E-state index in [2.05, 4.69) is 6.42 Å². The Bertz CT molecular complexity index is 85.7. The second-order valence-electron chi connectivity index (χ2n) is 3.91. The van der Waals surface area contributed by atoms with E-state index in [0.717, 1.165) is 11.8 Å². The Hall–Kier alpha value is 0.584. The molecule has 0 aliphatic heterocycles. The van der Waals surface area contributed by atoms with Crippen LogP contribution in [0.3, 0.4) is 0 Å². The van der Waals surface area contributed by atoms with E-state index in [1.54, 1.807) is 6.42 Å². The molecule has 0 spiro atoms. The van der Waals surface area contributed by atoms with Crippen LogP contribution >= 0.6 is 0 Å². The fraction of sp³-hybridized carbons (Fsp3) is 0.917. The molecule has 2 rings (SSSR count). The third-order valence-corrected chi connectivity index (χ3v) is 3.28. The van der Waals surface area contributed by atoms with Crippen LogP contribution in [-0.4, -0.2) is 0 Å². The summed E-state index contributed by atoms with van der Waals surface area (Å²) in [5, 5.41) is 0. The summed E-state index contributed by atoms with van der Waals surface area (Å²) in [6.07, 6.45) is 12.9. The predicted octanol–water partition coefficient (Wildman–Crippen LogP) is 4.20. The summed E-state index contributed by atoms with van der Waals surface area (Å²) in [5.74, 6) is 2.22. The van der Waals surface area contributed by atoms with E-state index >= 15 is 0 Å². The van der Waals surface area contributed by atoms with Crippen LogP contribution in [0.2, 0.25) is 0 Å².